The van der Waals surface area contributed by atoms with Gasteiger partial charge in [0.2, 0.25) is 0 Å². The van der Waals surface area contributed by atoms with Crippen molar-refractivity contribution in [2.45, 2.75) is 32.1 Å². The highest BCUT2D eigenvalue weighted by Gasteiger charge is 2.44. The summed E-state index contributed by atoms with van der Waals surface area (Å²) in [5.74, 6) is 0.268. The summed E-state index contributed by atoms with van der Waals surface area (Å²) in [6.45, 7) is 6.53. The van der Waals surface area contributed by atoms with E-state index in [9.17, 15) is 4.79 Å². The number of carbonyl (C=O) groups is 1. The van der Waals surface area contributed by atoms with Gasteiger partial charge in [0, 0.05) is 12.0 Å². The number of rotatable bonds is 2. The van der Waals surface area contributed by atoms with Gasteiger partial charge in [-0.25, -0.2) is 4.79 Å². The summed E-state index contributed by atoms with van der Waals surface area (Å²) in [5, 5.41) is 0. The van der Waals surface area contributed by atoms with E-state index in [2.05, 4.69) is 0 Å². The average Bonchev–Trinajstić information content (AvgIpc) is 2.42. The number of benzene rings is 1. The predicted molar refractivity (Wildman–Crippen MR) is 72.1 cm³/mol. The van der Waals surface area contributed by atoms with Crippen molar-refractivity contribution >= 4 is 17.6 Å². The van der Waals surface area contributed by atoms with Crippen LogP contribution in [0.2, 0.25) is 0 Å². The maximum atomic E-state index is 11.9. The maximum absolute atomic E-state index is 11.9. The van der Waals surface area contributed by atoms with Gasteiger partial charge in [-0.1, -0.05) is 32.0 Å². The lowest BCUT2D eigenvalue weighted by atomic mass is 9.92. The van der Waals surface area contributed by atoms with Crippen LogP contribution in [0.5, 0.6) is 5.75 Å². The Bertz CT molecular complexity index is 406. The zero-order valence-corrected chi connectivity index (χ0v) is 11.8. The Morgan fingerprint density at radius 3 is 2.78 bits per heavy atom. The highest BCUT2D eigenvalue weighted by atomic mass is 35.5. The summed E-state index contributed by atoms with van der Waals surface area (Å²) in [6, 6.07) is 7.31. The van der Waals surface area contributed by atoms with Crippen LogP contribution in [0.25, 0.3) is 0 Å². The van der Waals surface area contributed by atoms with E-state index in [0.29, 0.717) is 30.9 Å². The molecular weight excluding hydrogens is 252 g/mol. The number of alkyl halides is 1. The molecule has 0 spiro atoms. The number of para-hydroxylation sites is 1. The van der Waals surface area contributed by atoms with Crippen molar-refractivity contribution in [2.75, 3.05) is 13.2 Å². The largest absolute Gasteiger partial charge is 0.493 e. The molecule has 0 saturated carbocycles. The maximum Gasteiger partial charge on any atom is 0.332 e. The third-order valence-corrected chi connectivity index (χ3v) is 3.16. The summed E-state index contributed by atoms with van der Waals surface area (Å²) in [4.78, 5) is 10.8. The topological polar surface area (TPSA) is 35.5 Å². The first-order valence-corrected chi connectivity index (χ1v) is 6.64. The van der Waals surface area contributed by atoms with E-state index in [0.717, 1.165) is 0 Å². The SMILES string of the molecule is CC.CCOC(=O)C1(Cl)CCOc2ccccc21. The fraction of sp³-hybridized carbons (Fsp3) is 0.500. The van der Waals surface area contributed by atoms with Crippen LogP contribution in [0.15, 0.2) is 24.3 Å². The number of fused-ring (bicyclic) bond motifs is 1. The molecule has 0 aromatic heterocycles. The summed E-state index contributed by atoms with van der Waals surface area (Å²) in [6.07, 6.45) is 0.435. The number of halogens is 1. The van der Waals surface area contributed by atoms with Crippen molar-refractivity contribution in [2.24, 2.45) is 0 Å². The van der Waals surface area contributed by atoms with Gasteiger partial charge in [-0.05, 0) is 13.0 Å². The Balaban J connectivity index is 0.000000771. The van der Waals surface area contributed by atoms with Crippen molar-refractivity contribution in [3.8, 4) is 5.75 Å². The lowest BCUT2D eigenvalue weighted by molar-refractivity contribution is -0.147. The molecule has 0 bridgehead atoms. The number of carbonyl (C=O) groups excluding carboxylic acids is 1. The number of hydrogen-bond acceptors (Lipinski definition) is 3. The minimum atomic E-state index is -1.09. The Kier molecular flexibility index (Phi) is 5.48. The van der Waals surface area contributed by atoms with E-state index in [1.54, 1.807) is 13.0 Å². The number of hydrogen-bond donors (Lipinski definition) is 0. The highest BCUT2D eigenvalue weighted by Crippen LogP contribution is 2.42. The van der Waals surface area contributed by atoms with Gasteiger partial charge in [0.15, 0.2) is 4.87 Å². The molecule has 0 radical (unpaired) electrons. The average molecular weight is 271 g/mol. The van der Waals surface area contributed by atoms with E-state index in [1.807, 2.05) is 32.0 Å². The van der Waals surface area contributed by atoms with Crippen molar-refractivity contribution in [1.29, 1.82) is 0 Å². The molecule has 3 nitrogen and oxygen atoms in total. The molecule has 1 aromatic rings. The van der Waals surface area contributed by atoms with Crippen LogP contribution in [0.3, 0.4) is 0 Å². The molecule has 0 aliphatic carbocycles. The second-order valence-electron chi connectivity index (χ2n) is 3.62. The molecule has 1 atom stereocenters. The molecule has 1 heterocycles. The van der Waals surface area contributed by atoms with E-state index in [1.165, 1.54) is 0 Å². The zero-order valence-electron chi connectivity index (χ0n) is 11.0. The minimum absolute atomic E-state index is 0.330. The van der Waals surface area contributed by atoms with Gasteiger partial charge < -0.3 is 9.47 Å². The summed E-state index contributed by atoms with van der Waals surface area (Å²) < 4.78 is 10.5. The molecule has 0 saturated heterocycles. The van der Waals surface area contributed by atoms with Crippen LogP contribution in [-0.2, 0) is 14.4 Å². The fourth-order valence-corrected chi connectivity index (χ4v) is 2.10. The summed E-state index contributed by atoms with van der Waals surface area (Å²) >= 11 is 6.38. The first kappa shape index (κ1) is 14.8. The lowest BCUT2D eigenvalue weighted by Crippen LogP contribution is -2.37. The van der Waals surface area contributed by atoms with Gasteiger partial charge in [-0.15, -0.1) is 11.6 Å². The second-order valence-corrected chi connectivity index (χ2v) is 4.26. The zero-order chi connectivity index (χ0) is 13.6. The number of ether oxygens (including phenoxy) is 2. The molecule has 1 unspecified atom stereocenters. The van der Waals surface area contributed by atoms with Gasteiger partial charge in [0.1, 0.15) is 5.75 Å². The third-order valence-electron chi connectivity index (χ3n) is 2.62. The highest BCUT2D eigenvalue weighted by molar-refractivity contribution is 6.34. The van der Waals surface area contributed by atoms with Crippen LogP contribution in [0.1, 0.15) is 32.8 Å². The molecule has 1 aliphatic rings. The Morgan fingerprint density at radius 2 is 2.11 bits per heavy atom. The van der Waals surface area contributed by atoms with Crippen molar-refractivity contribution in [1.82, 2.24) is 0 Å². The number of esters is 1. The van der Waals surface area contributed by atoms with Gasteiger partial charge in [-0.3, -0.25) is 0 Å². The van der Waals surface area contributed by atoms with Crippen molar-refractivity contribution in [3.63, 3.8) is 0 Å². The van der Waals surface area contributed by atoms with E-state index >= 15 is 0 Å². The van der Waals surface area contributed by atoms with Crippen LogP contribution in [0, 0.1) is 0 Å². The molecule has 100 valence electrons. The second kappa shape index (κ2) is 6.64. The van der Waals surface area contributed by atoms with E-state index in [-0.39, 0.29) is 0 Å². The normalized spacial score (nSPS) is 20.9. The van der Waals surface area contributed by atoms with Crippen LogP contribution < -0.4 is 4.74 Å². The minimum Gasteiger partial charge on any atom is -0.493 e. The molecule has 0 amide bonds. The Hall–Kier alpha value is -1.22. The Morgan fingerprint density at radius 1 is 1.44 bits per heavy atom. The molecule has 4 heteroatoms. The summed E-state index contributed by atoms with van der Waals surface area (Å²) in [7, 11) is 0. The van der Waals surface area contributed by atoms with Crippen molar-refractivity contribution in [3.05, 3.63) is 29.8 Å². The van der Waals surface area contributed by atoms with Crippen LogP contribution >= 0.6 is 11.6 Å². The van der Waals surface area contributed by atoms with E-state index < -0.39 is 10.8 Å². The first-order valence-electron chi connectivity index (χ1n) is 6.27. The Labute approximate surface area is 113 Å². The quantitative estimate of drug-likeness (QED) is 0.610. The molecule has 1 aliphatic heterocycles. The predicted octanol–water partition coefficient (Wildman–Crippen LogP) is 3.49. The van der Waals surface area contributed by atoms with Gasteiger partial charge >= 0.3 is 5.97 Å². The molecule has 18 heavy (non-hydrogen) atoms. The monoisotopic (exact) mass is 270 g/mol. The molecule has 0 N–H and O–H groups in total. The third kappa shape index (κ3) is 2.78. The molecule has 0 fully saturated rings. The smallest absolute Gasteiger partial charge is 0.332 e. The molecule has 1 aromatic carbocycles. The standard InChI is InChI=1S/C12H13ClO3.C2H6/c1-2-15-11(14)12(13)7-8-16-10-6-4-3-5-9(10)12;1-2/h3-6H,2,7-8H2,1H3;1-2H3. The summed E-state index contributed by atoms with van der Waals surface area (Å²) in [5.41, 5.74) is 0.696. The molecule has 2 rings (SSSR count). The van der Waals surface area contributed by atoms with E-state index in [4.69, 9.17) is 21.1 Å². The molecular formula is C14H19ClO3. The lowest BCUT2D eigenvalue weighted by Gasteiger charge is -2.31. The van der Waals surface area contributed by atoms with Crippen molar-refractivity contribution < 1.29 is 14.3 Å². The van der Waals surface area contributed by atoms with Gasteiger partial charge in [0.25, 0.3) is 0 Å². The first-order chi connectivity index (χ1) is 8.68. The fourth-order valence-electron chi connectivity index (χ4n) is 1.81. The van der Waals surface area contributed by atoms with Gasteiger partial charge in [0.05, 0.1) is 13.2 Å². The van der Waals surface area contributed by atoms with Crippen LogP contribution in [-0.4, -0.2) is 19.2 Å². The van der Waals surface area contributed by atoms with Gasteiger partial charge in [-0.2, -0.15) is 0 Å². The van der Waals surface area contributed by atoms with Crippen LogP contribution in [0.4, 0.5) is 0 Å².